The molecule has 1 fully saturated rings. The van der Waals surface area contributed by atoms with Crippen molar-refractivity contribution in [3.63, 3.8) is 0 Å². The van der Waals surface area contributed by atoms with Crippen LogP contribution < -0.4 is 0 Å². The predicted octanol–water partition coefficient (Wildman–Crippen LogP) is 26.9. The highest BCUT2D eigenvalue weighted by Gasteiger charge is 2.35. The summed E-state index contributed by atoms with van der Waals surface area (Å²) in [4.78, 5) is 17.6. The number of hydrogen-bond acceptors (Lipinski definition) is 5. The summed E-state index contributed by atoms with van der Waals surface area (Å²) < 4.78 is 0. The second-order valence-corrected chi connectivity index (χ2v) is 34.0. The zero-order chi connectivity index (χ0) is 77.1. The van der Waals surface area contributed by atoms with Crippen molar-refractivity contribution in [2.45, 2.75) is 233 Å². The number of aryl methyl sites for hydroxylation is 8. The highest BCUT2D eigenvalue weighted by molar-refractivity contribution is 6.14. The highest BCUT2D eigenvalue weighted by Crippen LogP contribution is 2.48. The monoisotopic (exact) mass is 1390 g/mol. The smallest absolute Gasteiger partial charge is 0.193 e. The Hall–Kier alpha value is -8.93. The number of allylic oxidation sites excluding steroid dienone is 10. The quantitative estimate of drug-likeness (QED) is 0.0388. The van der Waals surface area contributed by atoms with E-state index in [4.69, 9.17) is 4.84 Å². The van der Waals surface area contributed by atoms with Gasteiger partial charge in [0.2, 0.25) is 0 Å². The maximum atomic E-state index is 12.5. The number of carbonyl (C=O) groups is 1. The van der Waals surface area contributed by atoms with Gasteiger partial charge in [-0.25, -0.2) is 0 Å². The van der Waals surface area contributed by atoms with Gasteiger partial charge >= 0.3 is 0 Å². The van der Waals surface area contributed by atoms with Crippen LogP contribution in [0.2, 0.25) is 0 Å². The molecule has 0 amide bonds. The van der Waals surface area contributed by atoms with Crippen molar-refractivity contribution in [1.82, 2.24) is 0 Å². The lowest BCUT2D eigenvalue weighted by Gasteiger charge is -2.32. The molecule has 8 aromatic carbocycles. The molecular weight excluding hydrogens is 1270 g/mol. The Labute approximate surface area is 630 Å². The summed E-state index contributed by atoms with van der Waals surface area (Å²) in [5.74, 6) is 1.51. The lowest BCUT2D eigenvalue weighted by molar-refractivity contribution is 0.103. The maximum Gasteiger partial charge on any atom is 0.193 e. The predicted molar refractivity (Wildman–Crippen MR) is 449 cm³/mol. The molecule has 8 aromatic rings. The van der Waals surface area contributed by atoms with Crippen molar-refractivity contribution >= 4 is 17.2 Å². The Balaban J connectivity index is 0.000000204. The molecule has 10 rings (SSSR count). The molecule has 0 aliphatic heterocycles. The van der Waals surface area contributed by atoms with Gasteiger partial charge in [-0.3, -0.25) is 4.79 Å². The molecule has 0 radical (unpaired) electrons. The van der Waals surface area contributed by atoms with Gasteiger partial charge in [0, 0.05) is 39.3 Å². The first-order valence-corrected chi connectivity index (χ1v) is 37.7. The van der Waals surface area contributed by atoms with E-state index in [0.717, 1.165) is 56.1 Å². The molecule has 0 spiro atoms. The van der Waals surface area contributed by atoms with Crippen LogP contribution >= 0.6 is 0 Å². The molecule has 2 aliphatic rings. The first kappa shape index (κ1) is 84.0. The lowest BCUT2D eigenvalue weighted by Crippen LogP contribution is -2.18. The summed E-state index contributed by atoms with van der Waals surface area (Å²) in [7, 11) is 1.59. The van der Waals surface area contributed by atoms with Gasteiger partial charge in [-0.05, 0) is 202 Å². The molecule has 1 saturated carbocycles. The minimum absolute atomic E-state index is 0.1000. The van der Waals surface area contributed by atoms with Crippen LogP contribution in [0.25, 0.3) is 0 Å². The average molecular weight is 1390 g/mol. The maximum absolute atomic E-state index is 12.5. The molecular formula is C99H126N2O3. The van der Waals surface area contributed by atoms with Gasteiger partial charge in [-0.1, -0.05) is 353 Å². The van der Waals surface area contributed by atoms with Gasteiger partial charge in [-0.2, -0.15) is 0 Å². The van der Waals surface area contributed by atoms with Crippen molar-refractivity contribution in [2.75, 3.05) is 7.11 Å². The zero-order valence-corrected chi connectivity index (χ0v) is 68.6. The van der Waals surface area contributed by atoms with Crippen LogP contribution in [0.5, 0.6) is 0 Å². The largest absolute Gasteiger partial charge is 0.410 e. The molecule has 0 saturated heterocycles. The molecule has 5 nitrogen and oxygen atoms in total. The van der Waals surface area contributed by atoms with Crippen molar-refractivity contribution in [1.29, 1.82) is 0 Å². The molecule has 1 unspecified atom stereocenters. The fourth-order valence-electron chi connectivity index (χ4n) is 13.1. The van der Waals surface area contributed by atoms with Crippen molar-refractivity contribution in [2.24, 2.45) is 21.6 Å². The summed E-state index contributed by atoms with van der Waals surface area (Å²) in [5, 5.41) is 17.2. The third-order valence-electron chi connectivity index (χ3n) is 20.2. The Kier molecular flexibility index (Phi) is 30.0. The van der Waals surface area contributed by atoms with E-state index in [1.165, 1.54) is 110 Å². The summed E-state index contributed by atoms with van der Waals surface area (Å²) >= 11 is 0. The summed E-state index contributed by atoms with van der Waals surface area (Å²) in [6, 6.07) is 59.5. The van der Waals surface area contributed by atoms with Gasteiger partial charge in [0.15, 0.2) is 5.78 Å². The summed E-state index contributed by atoms with van der Waals surface area (Å²) in [6.45, 7) is 54.7. The first-order valence-electron chi connectivity index (χ1n) is 37.7. The van der Waals surface area contributed by atoms with Gasteiger partial charge < -0.3 is 10.0 Å². The molecule has 104 heavy (non-hydrogen) atoms. The van der Waals surface area contributed by atoms with E-state index in [2.05, 4.69) is 314 Å². The molecule has 0 bridgehead atoms. The van der Waals surface area contributed by atoms with Gasteiger partial charge in [0.05, 0.1) is 0 Å². The minimum Gasteiger partial charge on any atom is -0.410 e. The Bertz CT molecular complexity index is 4370. The van der Waals surface area contributed by atoms with Gasteiger partial charge in [-0.15, -0.1) is 0 Å². The van der Waals surface area contributed by atoms with Gasteiger partial charge in [0.25, 0.3) is 0 Å². The third kappa shape index (κ3) is 24.6. The molecule has 0 aromatic heterocycles. The summed E-state index contributed by atoms with van der Waals surface area (Å²) in [6.07, 6.45) is 21.6. The molecule has 0 heterocycles. The number of rotatable bonds is 14. The number of hydrogen-bond donors (Lipinski definition) is 1. The average Bonchev–Trinajstić information content (AvgIpc) is 1.54. The van der Waals surface area contributed by atoms with E-state index in [0.29, 0.717) is 17.0 Å². The number of ketones is 1. The van der Waals surface area contributed by atoms with Crippen LogP contribution in [0.1, 0.15) is 272 Å². The molecule has 550 valence electrons. The van der Waals surface area contributed by atoms with Crippen molar-refractivity contribution < 1.29 is 14.8 Å². The SMILES string of the molecule is C/C=C(C)/C=C/C=C\C=C\C1=C(C)CCCC1(C)C.CO/N=C(\c1ccc(C)cc1)c1ccc(C(C)(C)C)cc1C.Cc1ccc(/C(=N\O)c2ccc(C(C)(C)C)cc2C)cc1.Cc1ccc(C(=O)c2ccc(C(C)(C)C)cc2C)cc1.Cc1ccc(C(c2ccc(C(C)(C)C)cc2C)C2CC2)cc1. The summed E-state index contributed by atoms with van der Waals surface area (Å²) in [5.41, 5.74) is 30.5. The second kappa shape index (κ2) is 37.2. The van der Waals surface area contributed by atoms with Crippen LogP contribution in [0.3, 0.4) is 0 Å². The van der Waals surface area contributed by atoms with Crippen LogP contribution in [0.4, 0.5) is 0 Å². The topological polar surface area (TPSA) is 71.2 Å². The molecule has 1 atom stereocenters. The van der Waals surface area contributed by atoms with Crippen molar-refractivity contribution in [3.05, 3.63) is 340 Å². The Morgan fingerprint density at radius 3 is 1.26 bits per heavy atom. The van der Waals surface area contributed by atoms with E-state index in [-0.39, 0.29) is 27.4 Å². The highest BCUT2D eigenvalue weighted by atomic mass is 16.6. The van der Waals surface area contributed by atoms with E-state index < -0.39 is 0 Å². The number of carbonyl (C=O) groups excluding carboxylic acids is 1. The van der Waals surface area contributed by atoms with Crippen LogP contribution in [-0.4, -0.2) is 29.5 Å². The zero-order valence-electron chi connectivity index (χ0n) is 68.6. The number of nitrogens with zero attached hydrogens (tertiary/aromatic N) is 2. The van der Waals surface area contributed by atoms with Crippen molar-refractivity contribution in [3.8, 4) is 0 Å². The molecule has 1 N–H and O–H groups in total. The number of benzene rings is 8. The van der Waals surface area contributed by atoms with Crippen LogP contribution in [-0.2, 0) is 26.5 Å². The minimum atomic E-state index is 0.1000. The second-order valence-electron chi connectivity index (χ2n) is 34.0. The van der Waals surface area contributed by atoms with E-state index in [9.17, 15) is 10.0 Å². The normalized spacial score (nSPS) is 14.7. The molecule has 2 aliphatic carbocycles. The fourth-order valence-corrected chi connectivity index (χ4v) is 13.1. The van der Waals surface area contributed by atoms with Crippen LogP contribution in [0.15, 0.2) is 239 Å². The fraction of sp³-hybridized carbons (Fsp3) is 0.384. The standard InChI is InChI=1S/C22H28.C20H25NO.C19H23NO.C19H22O.C19H28/c1-15-6-8-17(9-7-15)21(18-10-11-18)20-13-12-19(14-16(20)2)22(3,4)5;1-14-7-9-16(10-8-14)19(21-22-6)18-12-11-17(13-15(18)2)20(3,4)5;1-13-6-8-15(9-7-13)18(20-21)17-11-10-16(12-14(17)2)19(3,4)5;1-13-6-8-15(9-7-13)18(20)17-11-10-16(12-14(17)2)19(3,4)5;1-6-16(2)12-9-7-8-10-14-18-17(3)13-11-15-19(18,4)5/h6-9,12-14,18,21H,10-11H2,1-5H3;7-13H,1-6H3;6-12,21H,1-5H3;6-12H,1-5H3;6-10,12,14H,11,13,15H2,1-5H3/b;21-19+;20-18+;;8-7-,12-9+,14-10+,16-6+. The Morgan fingerprint density at radius 2 is 0.875 bits per heavy atom. The Morgan fingerprint density at radius 1 is 0.490 bits per heavy atom. The van der Waals surface area contributed by atoms with Gasteiger partial charge in [0.1, 0.15) is 18.5 Å². The van der Waals surface area contributed by atoms with Crippen LogP contribution in [0, 0.1) is 66.7 Å². The first-order chi connectivity index (χ1) is 48.8. The third-order valence-corrected chi connectivity index (χ3v) is 20.2. The van der Waals surface area contributed by atoms with E-state index >= 15 is 0 Å². The van der Waals surface area contributed by atoms with E-state index in [1.807, 2.05) is 81.4 Å². The lowest BCUT2D eigenvalue weighted by atomic mass is 9.73. The molecule has 5 heteroatoms. The number of oxime groups is 2. The van der Waals surface area contributed by atoms with E-state index in [1.54, 1.807) is 12.7 Å².